The van der Waals surface area contributed by atoms with Gasteiger partial charge in [-0.1, -0.05) is 23.2 Å². The number of β-lactam (4-membered cyclic amide) rings is 1. The summed E-state index contributed by atoms with van der Waals surface area (Å²) in [6.07, 6.45) is 0. The number of carboxylic acids is 1. The van der Waals surface area contributed by atoms with Crippen molar-refractivity contribution in [3.05, 3.63) is 22.3 Å². The molecule has 6 amide bonds. The monoisotopic (exact) mass is 611 g/mol. The van der Waals surface area contributed by atoms with Crippen molar-refractivity contribution in [3.63, 3.8) is 0 Å². The molecule has 1 aromatic heterocycles. The van der Waals surface area contributed by atoms with Crippen molar-refractivity contribution in [2.75, 3.05) is 25.4 Å². The van der Waals surface area contributed by atoms with Crippen molar-refractivity contribution < 1.29 is 38.7 Å². The molecule has 2 unspecified atom stereocenters. The zero-order chi connectivity index (χ0) is 29.3. The van der Waals surface area contributed by atoms with Gasteiger partial charge in [-0.25, -0.2) is 9.59 Å². The predicted octanol–water partition coefficient (Wildman–Crippen LogP) is -0.409. The molecule has 214 valence electrons. The Kier molecular flexibility index (Phi) is 8.79. The van der Waals surface area contributed by atoms with Crippen LogP contribution in [-0.4, -0.2) is 106 Å². The van der Waals surface area contributed by atoms with E-state index in [2.05, 4.69) is 20.2 Å². The van der Waals surface area contributed by atoms with Crippen molar-refractivity contribution in [2.24, 2.45) is 5.92 Å². The second-order valence-electron chi connectivity index (χ2n) is 8.93. The van der Waals surface area contributed by atoms with Gasteiger partial charge in [0.2, 0.25) is 11.8 Å². The Morgan fingerprint density at radius 2 is 1.90 bits per heavy atom. The van der Waals surface area contributed by atoms with E-state index in [4.69, 9.17) is 0 Å². The van der Waals surface area contributed by atoms with Gasteiger partial charge in [0.05, 0.1) is 11.3 Å². The average Bonchev–Trinajstić information content (AvgIpc) is 3.45. The fourth-order valence-electron chi connectivity index (χ4n) is 4.41. The lowest BCUT2D eigenvalue weighted by atomic mass is 9.97. The maximum Gasteiger partial charge on any atom is 0.352 e. The smallest absolute Gasteiger partial charge is 0.352 e. The van der Waals surface area contributed by atoms with Crippen LogP contribution in [-0.2, 0) is 28.8 Å². The first-order valence-electron chi connectivity index (χ1n) is 12.0. The van der Waals surface area contributed by atoms with Crippen LogP contribution >= 0.6 is 35.1 Å². The lowest BCUT2D eigenvalue weighted by Gasteiger charge is -2.49. The topological polar surface area (TPSA) is 199 Å². The van der Waals surface area contributed by atoms with E-state index >= 15 is 0 Å². The highest BCUT2D eigenvalue weighted by molar-refractivity contribution is 8.14. The molecular weight excluding hydrogens is 586 g/mol. The number of rotatable bonds is 8. The molecule has 2 saturated heterocycles. The number of piperazine rings is 1. The van der Waals surface area contributed by atoms with E-state index in [1.54, 1.807) is 13.8 Å². The molecule has 4 heterocycles. The zero-order valence-electron chi connectivity index (χ0n) is 21.5. The molecule has 3 aliphatic heterocycles. The Morgan fingerprint density at radius 1 is 1.18 bits per heavy atom. The maximum absolute atomic E-state index is 13.5. The number of urea groups is 1. The Hall–Kier alpha value is -3.51. The molecule has 3 aliphatic rings. The van der Waals surface area contributed by atoms with Crippen molar-refractivity contribution in [2.45, 2.75) is 37.6 Å². The lowest BCUT2D eigenvalue weighted by molar-refractivity contribution is -0.153. The molecule has 15 nitrogen and oxygen atoms in total. The molecule has 0 bridgehead atoms. The zero-order valence-corrected chi connectivity index (χ0v) is 23.9. The van der Waals surface area contributed by atoms with Crippen molar-refractivity contribution in [1.29, 1.82) is 0 Å². The van der Waals surface area contributed by atoms with Crippen LogP contribution in [0.3, 0.4) is 0 Å². The van der Waals surface area contributed by atoms with Crippen molar-refractivity contribution >= 4 is 75.8 Å². The number of carbonyl (C=O) groups excluding carboxylic acids is 6. The number of imide groups is 1. The molecule has 40 heavy (non-hydrogen) atoms. The van der Waals surface area contributed by atoms with Crippen LogP contribution in [0, 0.1) is 5.92 Å². The molecule has 0 spiro atoms. The third-order valence-corrected chi connectivity index (χ3v) is 9.41. The molecule has 0 saturated carbocycles. The molecule has 0 aliphatic carbocycles. The van der Waals surface area contributed by atoms with Gasteiger partial charge in [0.15, 0.2) is 11.2 Å². The minimum Gasteiger partial charge on any atom is -0.477 e. The van der Waals surface area contributed by atoms with Gasteiger partial charge in [0.25, 0.3) is 0 Å². The summed E-state index contributed by atoms with van der Waals surface area (Å²) in [5.74, 6) is -4.80. The summed E-state index contributed by atoms with van der Waals surface area (Å²) >= 11 is 2.85. The summed E-state index contributed by atoms with van der Waals surface area (Å²) < 4.78 is 3.71. The second-order valence-corrected chi connectivity index (χ2v) is 11.9. The highest BCUT2D eigenvalue weighted by atomic mass is 32.2. The van der Waals surface area contributed by atoms with Crippen LogP contribution in [0.25, 0.3) is 0 Å². The first-order chi connectivity index (χ1) is 19.0. The maximum atomic E-state index is 13.5. The van der Waals surface area contributed by atoms with Gasteiger partial charge in [-0.05, 0) is 18.5 Å². The van der Waals surface area contributed by atoms with Crippen LogP contribution < -0.4 is 10.6 Å². The molecule has 18 heteroatoms. The van der Waals surface area contributed by atoms with Gasteiger partial charge in [0.1, 0.15) is 16.8 Å². The number of thioether (sulfide) groups is 2. The number of nitrogens with one attached hydrogen (secondary N) is 2. The molecule has 3 N–H and O–H groups in total. The fourth-order valence-corrected chi connectivity index (χ4v) is 7.26. The standard InChI is InChI=1S/C22H25N7O8S3/c1-4-27-5-6-28(19(34)18(27)33)22(37)23-13(12-8-39-26-25-12)15(31)24-16(40-10(3)30)11-7-38-20-9(2)17(32)29(20)14(11)21(35)36/h8-9,13,16,20H,4-7H2,1-3H3,(H,23,37)(H,24,31)(H,35,36)/t9-,13?,16?,20+/m0/s1. The highest BCUT2D eigenvalue weighted by Crippen LogP contribution is 2.45. The molecule has 4 rings (SSSR count). The summed E-state index contributed by atoms with van der Waals surface area (Å²) in [5, 5.41) is 18.2. The van der Waals surface area contributed by atoms with Crippen LogP contribution in [0.2, 0.25) is 0 Å². The third kappa shape index (κ3) is 5.55. The highest BCUT2D eigenvalue weighted by Gasteiger charge is 2.52. The number of amides is 6. The molecule has 0 aromatic carbocycles. The molecule has 1 aromatic rings. The van der Waals surface area contributed by atoms with Gasteiger partial charge in [-0.15, -0.1) is 16.9 Å². The number of aromatic nitrogens is 2. The Morgan fingerprint density at radius 3 is 2.50 bits per heavy atom. The van der Waals surface area contributed by atoms with Crippen LogP contribution in [0.4, 0.5) is 4.79 Å². The van der Waals surface area contributed by atoms with E-state index in [0.717, 1.165) is 16.4 Å². The minimum atomic E-state index is -1.50. The van der Waals surface area contributed by atoms with Crippen LogP contribution in [0.15, 0.2) is 16.7 Å². The van der Waals surface area contributed by atoms with E-state index < -0.39 is 46.3 Å². The molecule has 2 fully saturated rings. The van der Waals surface area contributed by atoms with E-state index in [-0.39, 0.29) is 53.0 Å². The van der Waals surface area contributed by atoms with Gasteiger partial charge in [0, 0.05) is 43.3 Å². The normalized spacial score (nSPS) is 22.4. The van der Waals surface area contributed by atoms with E-state index in [0.29, 0.717) is 23.2 Å². The van der Waals surface area contributed by atoms with Crippen LogP contribution in [0.1, 0.15) is 32.5 Å². The predicted molar refractivity (Wildman–Crippen MR) is 142 cm³/mol. The van der Waals surface area contributed by atoms with Gasteiger partial charge in [-0.3, -0.25) is 33.8 Å². The van der Waals surface area contributed by atoms with E-state index in [1.165, 1.54) is 29.0 Å². The Bertz CT molecular complexity index is 1300. The fraction of sp³-hybridized carbons (Fsp3) is 0.500. The Balaban J connectivity index is 1.60. The van der Waals surface area contributed by atoms with Gasteiger partial charge < -0.3 is 20.6 Å². The first kappa shape index (κ1) is 29.5. The lowest BCUT2D eigenvalue weighted by Crippen LogP contribution is -2.61. The van der Waals surface area contributed by atoms with Gasteiger partial charge in [-0.2, -0.15) is 0 Å². The number of aliphatic carboxylic acids is 1. The average molecular weight is 612 g/mol. The molecule has 4 atom stereocenters. The second kappa shape index (κ2) is 11.9. The van der Waals surface area contributed by atoms with E-state index in [1.807, 2.05) is 0 Å². The Labute approximate surface area is 240 Å². The molecule has 0 radical (unpaired) electrons. The number of carbonyl (C=O) groups is 7. The minimum absolute atomic E-state index is 0.0191. The number of likely N-dealkylation sites (N-methyl/N-ethyl adjacent to an activating group) is 1. The summed E-state index contributed by atoms with van der Waals surface area (Å²) in [5.41, 5.74) is -0.147. The van der Waals surface area contributed by atoms with E-state index in [9.17, 15) is 38.7 Å². The number of fused-ring (bicyclic) bond motifs is 1. The summed E-state index contributed by atoms with van der Waals surface area (Å²) in [4.78, 5) is 91.3. The van der Waals surface area contributed by atoms with Crippen molar-refractivity contribution in [3.8, 4) is 0 Å². The van der Waals surface area contributed by atoms with Crippen molar-refractivity contribution in [1.82, 2.24) is 34.9 Å². The molecular formula is C22H25N7O8S3. The number of carboxylic acid groups (broad SMARTS) is 1. The summed E-state index contributed by atoms with van der Waals surface area (Å²) in [6.45, 7) is 4.95. The number of nitrogens with zero attached hydrogens (tertiary/aromatic N) is 5. The summed E-state index contributed by atoms with van der Waals surface area (Å²) in [6, 6.07) is -2.52. The quantitative estimate of drug-likeness (QED) is 0.195. The largest absolute Gasteiger partial charge is 0.477 e. The van der Waals surface area contributed by atoms with Gasteiger partial charge >= 0.3 is 23.8 Å². The first-order valence-corrected chi connectivity index (χ1v) is 14.8. The summed E-state index contributed by atoms with van der Waals surface area (Å²) in [7, 11) is 0. The number of hydrogen-bond acceptors (Lipinski definition) is 12. The SMILES string of the molecule is CCN1CCN(C(=O)NC(C(=O)NC(SC(C)=O)C2=C(C(=O)O)N3C(=O)[C@H](C)[C@H]3SC2)c2csnn2)C(=O)C1=O. The van der Waals surface area contributed by atoms with Crippen LogP contribution in [0.5, 0.6) is 0 Å². The number of hydrogen-bond donors (Lipinski definition) is 3. The third-order valence-electron chi connectivity index (χ3n) is 6.48.